The number of carbonyl (C=O) groups excluding carboxylic acids is 1. The van der Waals surface area contributed by atoms with Crippen LogP contribution in [0.4, 0.5) is 5.13 Å². The van der Waals surface area contributed by atoms with E-state index in [0.717, 1.165) is 24.8 Å². The molecule has 2 unspecified atom stereocenters. The number of aliphatic carboxylic acids is 1. The number of hydrogen-bond acceptors (Lipinski definition) is 5. The summed E-state index contributed by atoms with van der Waals surface area (Å²) >= 11 is 1.20. The number of hydrogen-bond donors (Lipinski definition) is 2. The summed E-state index contributed by atoms with van der Waals surface area (Å²) in [6.07, 6.45) is 5.29. The van der Waals surface area contributed by atoms with Gasteiger partial charge in [0.1, 0.15) is 5.51 Å². The highest BCUT2D eigenvalue weighted by Crippen LogP contribution is 2.30. The number of carboxylic acids is 1. The van der Waals surface area contributed by atoms with E-state index in [0.29, 0.717) is 11.6 Å². The number of carboxylic acid groups (broad SMARTS) is 1. The number of anilines is 1. The minimum absolute atomic E-state index is 0.101. The average molecular weight is 365 g/mol. The van der Waals surface area contributed by atoms with E-state index >= 15 is 0 Å². The largest absolute Gasteiger partial charge is 0.481 e. The van der Waals surface area contributed by atoms with Crippen LogP contribution in [0, 0.1) is 11.8 Å². The van der Waals surface area contributed by atoms with Crippen LogP contribution in [0.25, 0.3) is 0 Å². The van der Waals surface area contributed by atoms with E-state index in [9.17, 15) is 14.7 Å². The standard InChI is InChI=1S/C18H27N3O3S/c1-5-12(3)8-7-9-13(4)14(6-2)15(17(23)24)10-16(22)20-18-21-19-11-25-18/h8,11,14-15H,4-7,9-10H2,1-3H3,(H,23,24)(H,20,21,22)/b12-8-. The topological polar surface area (TPSA) is 92.2 Å². The van der Waals surface area contributed by atoms with Gasteiger partial charge in [0.05, 0.1) is 5.92 Å². The van der Waals surface area contributed by atoms with Crippen molar-refractivity contribution < 1.29 is 14.7 Å². The second kappa shape index (κ2) is 10.8. The number of amides is 1. The summed E-state index contributed by atoms with van der Waals surface area (Å²) in [6.45, 7) is 10.2. The molecule has 1 aromatic heterocycles. The zero-order valence-corrected chi connectivity index (χ0v) is 15.9. The molecule has 0 radical (unpaired) electrons. The number of allylic oxidation sites excluding steroid dienone is 3. The molecular weight excluding hydrogens is 338 g/mol. The highest BCUT2D eigenvalue weighted by molar-refractivity contribution is 7.13. The van der Waals surface area contributed by atoms with Gasteiger partial charge in [-0.3, -0.25) is 9.59 Å². The summed E-state index contributed by atoms with van der Waals surface area (Å²) in [7, 11) is 0. The van der Waals surface area contributed by atoms with Crippen molar-refractivity contribution in [3.05, 3.63) is 29.3 Å². The zero-order valence-electron chi connectivity index (χ0n) is 15.1. The van der Waals surface area contributed by atoms with Gasteiger partial charge < -0.3 is 10.4 Å². The molecule has 138 valence electrons. The quantitative estimate of drug-likeness (QED) is 0.571. The van der Waals surface area contributed by atoms with Gasteiger partial charge in [-0.25, -0.2) is 0 Å². The molecule has 0 saturated heterocycles. The van der Waals surface area contributed by atoms with Crippen LogP contribution in [0.2, 0.25) is 0 Å². The van der Waals surface area contributed by atoms with Crippen LogP contribution in [-0.4, -0.2) is 27.2 Å². The van der Waals surface area contributed by atoms with Crippen LogP contribution in [0.5, 0.6) is 0 Å². The predicted octanol–water partition coefficient (Wildman–Crippen LogP) is 4.29. The third kappa shape index (κ3) is 7.17. The molecule has 1 rings (SSSR count). The van der Waals surface area contributed by atoms with Crippen molar-refractivity contribution in [1.82, 2.24) is 10.2 Å². The van der Waals surface area contributed by atoms with Crippen LogP contribution in [-0.2, 0) is 9.59 Å². The Labute approximate surface area is 153 Å². The molecule has 0 aliphatic carbocycles. The van der Waals surface area contributed by atoms with Crippen molar-refractivity contribution in [2.45, 2.75) is 52.9 Å². The first-order chi connectivity index (χ1) is 11.9. The van der Waals surface area contributed by atoms with E-state index in [1.807, 2.05) is 6.92 Å². The molecule has 7 heteroatoms. The maximum Gasteiger partial charge on any atom is 0.307 e. The fraction of sp³-hybridized carbons (Fsp3) is 0.556. The number of carbonyl (C=O) groups is 2. The second-order valence-electron chi connectivity index (χ2n) is 6.06. The fourth-order valence-electron chi connectivity index (χ4n) is 2.69. The normalized spacial score (nSPS) is 14.0. The van der Waals surface area contributed by atoms with E-state index in [-0.39, 0.29) is 18.2 Å². The molecule has 0 fully saturated rings. The maximum absolute atomic E-state index is 12.1. The van der Waals surface area contributed by atoms with Gasteiger partial charge in [-0.1, -0.05) is 49.0 Å². The molecule has 0 saturated carbocycles. The molecule has 1 amide bonds. The lowest BCUT2D eigenvalue weighted by Gasteiger charge is -2.24. The van der Waals surface area contributed by atoms with E-state index in [4.69, 9.17) is 0 Å². The summed E-state index contributed by atoms with van der Waals surface area (Å²) in [5.41, 5.74) is 3.71. The molecule has 25 heavy (non-hydrogen) atoms. The second-order valence-corrected chi connectivity index (χ2v) is 6.89. The lowest BCUT2D eigenvalue weighted by atomic mass is 9.80. The summed E-state index contributed by atoms with van der Waals surface area (Å²) in [4.78, 5) is 23.8. The first kappa shape index (κ1) is 21.0. The number of rotatable bonds is 11. The van der Waals surface area contributed by atoms with Crippen molar-refractivity contribution in [1.29, 1.82) is 0 Å². The molecule has 2 atom stereocenters. The Kier molecular flexibility index (Phi) is 9.05. The predicted molar refractivity (Wildman–Crippen MR) is 100 cm³/mol. The van der Waals surface area contributed by atoms with Crippen molar-refractivity contribution >= 4 is 28.3 Å². The van der Waals surface area contributed by atoms with E-state index in [2.05, 4.69) is 42.0 Å². The van der Waals surface area contributed by atoms with Crippen LogP contribution in [0.15, 0.2) is 29.3 Å². The Balaban J connectivity index is 2.70. The first-order valence-corrected chi connectivity index (χ1v) is 9.39. The van der Waals surface area contributed by atoms with Crippen LogP contribution in [0.3, 0.4) is 0 Å². The summed E-state index contributed by atoms with van der Waals surface area (Å²) in [5.74, 6) is -2.35. The lowest BCUT2D eigenvalue weighted by molar-refractivity contribution is -0.145. The van der Waals surface area contributed by atoms with Crippen molar-refractivity contribution in [3.63, 3.8) is 0 Å². The molecule has 0 bridgehead atoms. The van der Waals surface area contributed by atoms with Gasteiger partial charge in [-0.15, -0.1) is 10.2 Å². The summed E-state index contributed by atoms with van der Waals surface area (Å²) in [6, 6.07) is 0. The van der Waals surface area contributed by atoms with Crippen LogP contribution < -0.4 is 5.32 Å². The number of nitrogens with one attached hydrogen (secondary N) is 1. The summed E-state index contributed by atoms with van der Waals surface area (Å²) in [5, 5.41) is 19.9. The Morgan fingerprint density at radius 1 is 1.40 bits per heavy atom. The third-order valence-electron chi connectivity index (χ3n) is 4.29. The molecule has 1 heterocycles. The molecule has 0 aliphatic heterocycles. The Morgan fingerprint density at radius 3 is 2.64 bits per heavy atom. The van der Waals surface area contributed by atoms with Gasteiger partial charge in [0, 0.05) is 6.42 Å². The smallest absolute Gasteiger partial charge is 0.307 e. The highest BCUT2D eigenvalue weighted by atomic mass is 32.1. The molecule has 0 aromatic carbocycles. The van der Waals surface area contributed by atoms with E-state index in [1.165, 1.54) is 22.4 Å². The minimum atomic E-state index is -0.972. The van der Waals surface area contributed by atoms with Gasteiger partial charge in [-0.05, 0) is 38.5 Å². The molecule has 6 nitrogen and oxygen atoms in total. The Bertz CT molecular complexity index is 611. The van der Waals surface area contributed by atoms with Crippen LogP contribution >= 0.6 is 11.3 Å². The van der Waals surface area contributed by atoms with Crippen LogP contribution in [0.1, 0.15) is 52.9 Å². The van der Waals surface area contributed by atoms with Crippen molar-refractivity contribution in [2.75, 3.05) is 5.32 Å². The van der Waals surface area contributed by atoms with Crippen molar-refractivity contribution in [3.8, 4) is 0 Å². The van der Waals surface area contributed by atoms with Gasteiger partial charge in [0.25, 0.3) is 0 Å². The van der Waals surface area contributed by atoms with E-state index in [1.54, 1.807) is 0 Å². The first-order valence-electron chi connectivity index (χ1n) is 8.51. The van der Waals surface area contributed by atoms with Gasteiger partial charge in [0.2, 0.25) is 11.0 Å². The molecule has 1 aromatic rings. The number of aromatic nitrogens is 2. The molecule has 0 aliphatic rings. The Hall–Kier alpha value is -2.02. The highest BCUT2D eigenvalue weighted by Gasteiger charge is 2.31. The molecule has 2 N–H and O–H groups in total. The molecular formula is C18H27N3O3S. The average Bonchev–Trinajstić information content (AvgIpc) is 3.07. The van der Waals surface area contributed by atoms with E-state index < -0.39 is 11.9 Å². The van der Waals surface area contributed by atoms with Gasteiger partial charge in [-0.2, -0.15) is 0 Å². The molecule has 0 spiro atoms. The Morgan fingerprint density at radius 2 is 2.12 bits per heavy atom. The number of nitrogens with zero attached hydrogens (tertiary/aromatic N) is 2. The minimum Gasteiger partial charge on any atom is -0.481 e. The van der Waals surface area contributed by atoms with Crippen molar-refractivity contribution in [2.24, 2.45) is 11.8 Å². The lowest BCUT2D eigenvalue weighted by Crippen LogP contribution is -2.29. The fourth-order valence-corrected chi connectivity index (χ4v) is 3.15. The monoisotopic (exact) mass is 365 g/mol. The maximum atomic E-state index is 12.1. The summed E-state index contributed by atoms with van der Waals surface area (Å²) < 4.78 is 0. The zero-order chi connectivity index (χ0) is 18.8. The van der Waals surface area contributed by atoms with Gasteiger partial charge in [0.15, 0.2) is 0 Å². The SMILES string of the molecule is C=C(CC/C=C(/C)CC)C(CC)C(CC(=O)Nc1nncs1)C(=O)O. The third-order valence-corrected chi connectivity index (χ3v) is 4.90. The van der Waals surface area contributed by atoms with Gasteiger partial charge >= 0.3 is 5.97 Å².